The summed E-state index contributed by atoms with van der Waals surface area (Å²) in [5.41, 5.74) is -1.45. The molecular weight excluding hydrogens is 434 g/mol. The first-order valence-corrected chi connectivity index (χ1v) is 11.0. The van der Waals surface area contributed by atoms with Crippen LogP contribution in [0.3, 0.4) is 0 Å². The van der Waals surface area contributed by atoms with E-state index in [-0.39, 0.29) is 48.2 Å². The van der Waals surface area contributed by atoms with Gasteiger partial charge in [0.05, 0.1) is 6.54 Å². The van der Waals surface area contributed by atoms with E-state index in [1.54, 1.807) is 4.90 Å². The van der Waals surface area contributed by atoms with Crippen LogP contribution >= 0.6 is 0 Å². The zero-order valence-corrected chi connectivity index (χ0v) is 18.4. The third kappa shape index (κ3) is 4.10. The maximum atomic E-state index is 13.8. The van der Waals surface area contributed by atoms with Gasteiger partial charge in [-0.25, -0.2) is 8.78 Å². The van der Waals surface area contributed by atoms with Gasteiger partial charge in [0.1, 0.15) is 23.4 Å². The SMILES string of the molecule is CCCCC1[C@H](C)NC2Cn3cc(C(=O)NCc4ccc(F)cc4F)c(=O)c(O)c3C(=O)N21. The third-order valence-corrected chi connectivity index (χ3v) is 6.34. The highest BCUT2D eigenvalue weighted by Gasteiger charge is 2.46. The Labute approximate surface area is 189 Å². The van der Waals surface area contributed by atoms with Crippen LogP contribution in [0.1, 0.15) is 59.5 Å². The van der Waals surface area contributed by atoms with Crippen molar-refractivity contribution in [3.05, 3.63) is 63.1 Å². The minimum absolute atomic E-state index is 0.0418. The molecule has 3 heterocycles. The van der Waals surface area contributed by atoms with Gasteiger partial charge >= 0.3 is 0 Å². The predicted molar refractivity (Wildman–Crippen MR) is 116 cm³/mol. The molecule has 10 heteroatoms. The quantitative estimate of drug-likeness (QED) is 0.613. The first-order valence-electron chi connectivity index (χ1n) is 11.0. The maximum Gasteiger partial charge on any atom is 0.276 e. The number of hydrogen-bond donors (Lipinski definition) is 3. The molecule has 2 aliphatic heterocycles. The number of aromatic hydroxyl groups is 1. The zero-order chi connectivity index (χ0) is 23.9. The molecule has 2 aromatic rings. The molecule has 1 fully saturated rings. The Morgan fingerprint density at radius 3 is 2.76 bits per heavy atom. The minimum Gasteiger partial charge on any atom is -0.503 e. The van der Waals surface area contributed by atoms with E-state index in [0.717, 1.165) is 25.3 Å². The van der Waals surface area contributed by atoms with Crippen molar-refractivity contribution in [1.82, 2.24) is 20.1 Å². The van der Waals surface area contributed by atoms with Crippen molar-refractivity contribution in [1.29, 1.82) is 0 Å². The molecule has 0 radical (unpaired) electrons. The number of unbranched alkanes of at least 4 members (excludes halogenated alkanes) is 1. The number of hydrogen-bond acceptors (Lipinski definition) is 5. The van der Waals surface area contributed by atoms with Crippen molar-refractivity contribution < 1.29 is 23.5 Å². The summed E-state index contributed by atoms with van der Waals surface area (Å²) in [4.78, 5) is 40.3. The summed E-state index contributed by atoms with van der Waals surface area (Å²) in [6.45, 7) is 4.04. The fraction of sp³-hybridized carbons (Fsp3) is 0.435. The molecule has 3 atom stereocenters. The Kier molecular flexibility index (Phi) is 6.20. The molecule has 1 saturated heterocycles. The molecule has 2 unspecified atom stereocenters. The van der Waals surface area contributed by atoms with E-state index in [1.807, 2.05) is 6.92 Å². The van der Waals surface area contributed by atoms with Crippen LogP contribution in [0.25, 0.3) is 0 Å². The molecule has 4 rings (SSSR count). The average molecular weight is 460 g/mol. The lowest BCUT2D eigenvalue weighted by atomic mass is 10.0. The zero-order valence-electron chi connectivity index (χ0n) is 18.4. The van der Waals surface area contributed by atoms with Crippen LogP contribution in [0.4, 0.5) is 8.78 Å². The third-order valence-electron chi connectivity index (χ3n) is 6.34. The second-order valence-corrected chi connectivity index (χ2v) is 8.53. The first-order chi connectivity index (χ1) is 15.7. The van der Waals surface area contributed by atoms with E-state index in [0.29, 0.717) is 6.07 Å². The van der Waals surface area contributed by atoms with Gasteiger partial charge in [0.25, 0.3) is 11.8 Å². The molecule has 0 aliphatic carbocycles. The van der Waals surface area contributed by atoms with Crippen LogP contribution in [0.15, 0.2) is 29.2 Å². The summed E-state index contributed by atoms with van der Waals surface area (Å²) in [5, 5.41) is 16.4. The normalized spacial score (nSPS) is 21.6. The van der Waals surface area contributed by atoms with Crippen LogP contribution in [-0.2, 0) is 13.1 Å². The number of benzene rings is 1. The van der Waals surface area contributed by atoms with E-state index in [4.69, 9.17) is 0 Å². The average Bonchev–Trinajstić information content (AvgIpc) is 3.08. The summed E-state index contributed by atoms with van der Waals surface area (Å²) in [5.74, 6) is -3.65. The largest absolute Gasteiger partial charge is 0.503 e. The standard InChI is InChI=1S/C23H26F2N4O4/c1-3-4-5-17-12(2)27-18-11-28-10-15(20(30)21(31)19(28)23(33)29(17)18)22(32)26-9-13-6-7-14(24)8-16(13)25/h6-8,10,12,17-18,27,31H,3-5,9,11H2,1-2H3,(H,26,32)/t12-,17?,18?/m0/s1. The number of halogens is 2. The highest BCUT2D eigenvalue weighted by Crippen LogP contribution is 2.31. The second-order valence-electron chi connectivity index (χ2n) is 8.53. The van der Waals surface area contributed by atoms with Crippen LogP contribution in [0.5, 0.6) is 5.75 Å². The van der Waals surface area contributed by atoms with Crippen molar-refractivity contribution >= 4 is 11.8 Å². The van der Waals surface area contributed by atoms with Crippen LogP contribution < -0.4 is 16.1 Å². The number of nitrogens with zero attached hydrogens (tertiary/aromatic N) is 2. The van der Waals surface area contributed by atoms with Crippen molar-refractivity contribution in [3.63, 3.8) is 0 Å². The molecule has 1 aromatic carbocycles. The van der Waals surface area contributed by atoms with Gasteiger partial charge in [-0.05, 0) is 19.4 Å². The van der Waals surface area contributed by atoms with Crippen LogP contribution in [0.2, 0.25) is 0 Å². The number of carbonyl (C=O) groups is 2. The first kappa shape index (κ1) is 22.9. The number of rotatable bonds is 6. The van der Waals surface area contributed by atoms with Crippen molar-refractivity contribution in [2.45, 2.75) is 64.4 Å². The Morgan fingerprint density at radius 2 is 2.06 bits per heavy atom. The van der Waals surface area contributed by atoms with Gasteiger partial charge in [-0.1, -0.05) is 25.8 Å². The summed E-state index contributed by atoms with van der Waals surface area (Å²) in [6.07, 6.45) is 3.65. The highest BCUT2D eigenvalue weighted by molar-refractivity contribution is 5.99. The predicted octanol–water partition coefficient (Wildman–Crippen LogP) is 2.09. The molecule has 3 N–H and O–H groups in total. The van der Waals surface area contributed by atoms with Crippen molar-refractivity contribution in [2.24, 2.45) is 0 Å². The Morgan fingerprint density at radius 1 is 1.30 bits per heavy atom. The Bertz CT molecular complexity index is 1170. The maximum absolute atomic E-state index is 13.8. The van der Waals surface area contributed by atoms with Gasteiger partial charge in [-0.3, -0.25) is 19.7 Å². The molecule has 0 bridgehead atoms. The van der Waals surface area contributed by atoms with Crippen LogP contribution in [-0.4, -0.2) is 44.6 Å². The molecule has 33 heavy (non-hydrogen) atoms. The number of carbonyl (C=O) groups excluding carboxylic acids is 2. The lowest BCUT2D eigenvalue weighted by molar-refractivity contribution is 0.0555. The summed E-state index contributed by atoms with van der Waals surface area (Å²) < 4.78 is 28.3. The molecular formula is C23H26F2N4O4. The topological polar surface area (TPSA) is 104 Å². The molecule has 8 nitrogen and oxygen atoms in total. The number of fused-ring (bicyclic) bond motifs is 2. The fourth-order valence-electron chi connectivity index (χ4n) is 4.63. The summed E-state index contributed by atoms with van der Waals surface area (Å²) in [6, 6.07) is 2.94. The second kappa shape index (κ2) is 8.93. The van der Waals surface area contributed by atoms with Gasteiger partial charge in [-0.2, -0.15) is 0 Å². The molecule has 2 amide bonds. The van der Waals surface area contributed by atoms with Crippen LogP contribution in [0, 0.1) is 11.6 Å². The molecule has 0 spiro atoms. The number of amides is 2. The molecule has 1 aromatic heterocycles. The molecule has 176 valence electrons. The van der Waals surface area contributed by atoms with Crippen molar-refractivity contribution in [2.75, 3.05) is 0 Å². The monoisotopic (exact) mass is 460 g/mol. The fourth-order valence-corrected chi connectivity index (χ4v) is 4.63. The lowest BCUT2D eigenvalue weighted by Gasteiger charge is -2.36. The molecule has 0 saturated carbocycles. The number of pyridine rings is 1. The Hall–Kier alpha value is -3.27. The van der Waals surface area contributed by atoms with Gasteiger partial charge in [0.15, 0.2) is 11.4 Å². The number of aromatic nitrogens is 1. The lowest BCUT2D eigenvalue weighted by Crippen LogP contribution is -2.51. The van der Waals surface area contributed by atoms with Gasteiger partial charge in [0.2, 0.25) is 5.43 Å². The highest BCUT2D eigenvalue weighted by atomic mass is 19.1. The van der Waals surface area contributed by atoms with E-state index in [2.05, 4.69) is 17.6 Å². The van der Waals surface area contributed by atoms with Gasteiger partial charge in [-0.15, -0.1) is 0 Å². The number of nitrogens with one attached hydrogen (secondary N) is 2. The van der Waals surface area contributed by atoms with Gasteiger partial charge < -0.3 is 19.9 Å². The van der Waals surface area contributed by atoms with E-state index in [9.17, 15) is 28.3 Å². The van der Waals surface area contributed by atoms with Gasteiger partial charge in [0, 0.05) is 36.5 Å². The van der Waals surface area contributed by atoms with E-state index < -0.39 is 34.6 Å². The summed E-state index contributed by atoms with van der Waals surface area (Å²) in [7, 11) is 0. The summed E-state index contributed by atoms with van der Waals surface area (Å²) >= 11 is 0. The Balaban J connectivity index is 1.60. The van der Waals surface area contributed by atoms with E-state index >= 15 is 0 Å². The molecule has 2 aliphatic rings. The minimum atomic E-state index is -0.976. The van der Waals surface area contributed by atoms with Crippen molar-refractivity contribution in [3.8, 4) is 5.75 Å². The van der Waals surface area contributed by atoms with E-state index in [1.165, 1.54) is 16.8 Å². The smallest absolute Gasteiger partial charge is 0.276 e.